The first-order valence-corrected chi connectivity index (χ1v) is 19.8. The quantitative estimate of drug-likeness (QED) is 0.178. The maximum atomic E-state index is 6.92. The Hall–Kier alpha value is -4.91. The van der Waals surface area contributed by atoms with Crippen LogP contribution in [0.4, 0.5) is 17.1 Å². The summed E-state index contributed by atoms with van der Waals surface area (Å²) in [6.07, 6.45) is 0. The van der Waals surface area contributed by atoms with Gasteiger partial charge in [0.25, 0.3) is 0 Å². The lowest BCUT2D eigenvalue weighted by molar-refractivity contribution is 0.419. The molecule has 3 heterocycles. The predicted octanol–water partition coefficient (Wildman–Crippen LogP) is 10.8. The number of para-hydroxylation sites is 6. The van der Waals surface area contributed by atoms with Gasteiger partial charge in [-0.2, -0.15) is 0 Å². The largest absolute Gasteiger partial charge is 0.455 e. The number of benzene rings is 6. The number of rotatable bonds is 3. The van der Waals surface area contributed by atoms with Gasteiger partial charge >= 0.3 is 0 Å². The third-order valence-electron chi connectivity index (χ3n) is 9.84. The smallest absolute Gasteiger partial charge is 0.165 e. The predicted molar refractivity (Wildman–Crippen MR) is 194 cm³/mol. The van der Waals surface area contributed by atoms with Gasteiger partial charge in [0.2, 0.25) is 0 Å². The van der Waals surface area contributed by atoms with Crippen molar-refractivity contribution in [3.05, 3.63) is 139 Å². The van der Waals surface area contributed by atoms with Crippen molar-refractivity contribution in [2.24, 2.45) is 0 Å². The minimum Gasteiger partial charge on any atom is -0.455 e. The van der Waals surface area contributed by atoms with Gasteiger partial charge < -0.3 is 14.2 Å². The Morgan fingerprint density at radius 1 is 0.489 bits per heavy atom. The molecule has 0 aromatic heterocycles. The first kappa shape index (κ1) is 28.3. The maximum absolute atomic E-state index is 6.92. The summed E-state index contributed by atoms with van der Waals surface area (Å²) in [5.41, 5.74) is 4.85. The van der Waals surface area contributed by atoms with Crippen LogP contribution in [0.25, 0.3) is 0 Å². The molecule has 0 spiro atoms. The van der Waals surface area contributed by atoms with E-state index in [2.05, 4.69) is 141 Å². The van der Waals surface area contributed by atoms with E-state index in [1.807, 2.05) is 18.2 Å². The van der Waals surface area contributed by atoms with Gasteiger partial charge in [-0.3, -0.25) is 4.90 Å². The van der Waals surface area contributed by atoms with Gasteiger partial charge in [-0.05, 0) is 58.9 Å². The second kappa shape index (κ2) is 10.3. The average Bonchev–Trinajstić information content (AvgIpc) is 3.08. The summed E-state index contributed by atoms with van der Waals surface area (Å²) in [4.78, 5) is 4.47. The molecule has 9 rings (SSSR count). The van der Waals surface area contributed by atoms with Crippen molar-refractivity contribution in [3.8, 4) is 34.5 Å². The summed E-state index contributed by atoms with van der Waals surface area (Å²) in [7, 11) is -2.10. The van der Waals surface area contributed by atoms with Crippen LogP contribution < -0.4 is 29.5 Å². The molecule has 230 valence electrons. The fraction of sp³-hybridized carbons (Fsp3) is 0.122. The molecule has 0 N–H and O–H groups in total. The van der Waals surface area contributed by atoms with E-state index in [1.165, 1.54) is 15.9 Å². The molecule has 0 atom stereocenters. The number of nitrogens with zero attached hydrogens (tertiary/aromatic N) is 1. The van der Waals surface area contributed by atoms with Crippen molar-refractivity contribution in [1.29, 1.82) is 0 Å². The zero-order chi connectivity index (χ0) is 31.9. The van der Waals surface area contributed by atoms with E-state index in [4.69, 9.17) is 14.2 Å². The Kier molecular flexibility index (Phi) is 6.20. The molecule has 0 radical (unpaired) electrons. The number of anilines is 3. The van der Waals surface area contributed by atoms with Crippen LogP contribution in [0.1, 0.15) is 25.0 Å². The number of ether oxygens (including phenoxy) is 3. The fourth-order valence-corrected chi connectivity index (χ4v) is 11.1. The lowest BCUT2D eigenvalue weighted by atomic mass is 9.75. The van der Waals surface area contributed by atoms with Crippen LogP contribution >= 0.6 is 11.8 Å². The van der Waals surface area contributed by atoms with E-state index >= 15 is 0 Å². The van der Waals surface area contributed by atoms with Crippen LogP contribution in [0.2, 0.25) is 13.1 Å². The van der Waals surface area contributed by atoms with E-state index < -0.39 is 8.07 Å². The molecule has 47 heavy (non-hydrogen) atoms. The maximum Gasteiger partial charge on any atom is 0.165 e. The van der Waals surface area contributed by atoms with Crippen molar-refractivity contribution in [2.45, 2.75) is 42.1 Å². The van der Waals surface area contributed by atoms with Gasteiger partial charge in [-0.1, -0.05) is 118 Å². The van der Waals surface area contributed by atoms with Crippen LogP contribution in [-0.2, 0) is 5.41 Å². The van der Waals surface area contributed by atoms with E-state index in [9.17, 15) is 0 Å². The van der Waals surface area contributed by atoms with Gasteiger partial charge in [-0.25, -0.2) is 0 Å². The molecule has 4 nitrogen and oxygen atoms in total. The summed E-state index contributed by atoms with van der Waals surface area (Å²) in [6.45, 7) is 9.38. The molecule has 6 heteroatoms. The third kappa shape index (κ3) is 4.21. The Bertz CT molecular complexity index is 2130. The van der Waals surface area contributed by atoms with Crippen molar-refractivity contribution in [3.63, 3.8) is 0 Å². The highest BCUT2D eigenvalue weighted by molar-refractivity contribution is 7.99. The molecular weight excluding hydrogens is 615 g/mol. The van der Waals surface area contributed by atoms with E-state index in [0.717, 1.165) is 66.9 Å². The molecular formula is C41H33NO3SSi. The Morgan fingerprint density at radius 3 is 1.85 bits per heavy atom. The fourth-order valence-electron chi connectivity index (χ4n) is 7.35. The monoisotopic (exact) mass is 647 g/mol. The summed E-state index contributed by atoms with van der Waals surface area (Å²) in [5, 5.41) is 2.57. The molecule has 3 aliphatic heterocycles. The second-order valence-electron chi connectivity index (χ2n) is 13.3. The highest BCUT2D eigenvalue weighted by Crippen LogP contribution is 2.58. The molecule has 0 saturated heterocycles. The highest BCUT2D eigenvalue weighted by atomic mass is 32.2. The molecule has 0 fully saturated rings. The summed E-state index contributed by atoms with van der Waals surface area (Å²) < 4.78 is 20.6. The zero-order valence-corrected chi connectivity index (χ0v) is 28.5. The minimum atomic E-state index is -2.10. The molecule has 6 aromatic carbocycles. The highest BCUT2D eigenvalue weighted by Gasteiger charge is 2.41. The molecule has 0 saturated carbocycles. The lowest BCUT2D eigenvalue weighted by Crippen LogP contribution is -2.56. The minimum absolute atomic E-state index is 0.270. The van der Waals surface area contributed by atoms with Gasteiger partial charge in [-0.15, -0.1) is 0 Å². The first-order chi connectivity index (χ1) is 22.8. The molecule has 0 unspecified atom stereocenters. The van der Waals surface area contributed by atoms with Crippen LogP contribution in [0.5, 0.6) is 34.5 Å². The average molecular weight is 648 g/mol. The molecule has 3 aliphatic rings. The molecule has 0 bridgehead atoms. The van der Waals surface area contributed by atoms with E-state index in [1.54, 1.807) is 11.8 Å². The van der Waals surface area contributed by atoms with Gasteiger partial charge in [0, 0.05) is 16.5 Å². The number of fused-ring (bicyclic) bond motifs is 6. The molecule has 0 aliphatic carbocycles. The molecule has 0 amide bonds. The van der Waals surface area contributed by atoms with E-state index in [0.29, 0.717) is 0 Å². The number of hydrogen-bond donors (Lipinski definition) is 0. The van der Waals surface area contributed by atoms with Gasteiger partial charge in [0.1, 0.15) is 25.3 Å². The van der Waals surface area contributed by atoms with Crippen molar-refractivity contribution in [2.75, 3.05) is 4.90 Å². The summed E-state index contributed by atoms with van der Waals surface area (Å²) in [6, 6.07) is 44.6. The normalized spacial score (nSPS) is 15.6. The molecule has 6 aromatic rings. The SMILES string of the molecule is CC1(C)c2ccccc2Oc2c(N(c3cccc4c3Oc3ccccc3S4)c3cccc4c3Oc3ccccc3[Si]4(C)C)cccc21. The van der Waals surface area contributed by atoms with Gasteiger partial charge in [0.15, 0.2) is 17.2 Å². The second-order valence-corrected chi connectivity index (χ2v) is 18.8. The Morgan fingerprint density at radius 2 is 1.02 bits per heavy atom. The van der Waals surface area contributed by atoms with E-state index in [-0.39, 0.29) is 5.41 Å². The van der Waals surface area contributed by atoms with Crippen LogP contribution in [0.15, 0.2) is 137 Å². The lowest BCUT2D eigenvalue weighted by Gasteiger charge is -2.39. The van der Waals surface area contributed by atoms with Crippen LogP contribution in [-0.4, -0.2) is 8.07 Å². The third-order valence-corrected chi connectivity index (χ3v) is 14.4. The summed E-state index contributed by atoms with van der Waals surface area (Å²) >= 11 is 1.74. The van der Waals surface area contributed by atoms with Crippen LogP contribution in [0, 0.1) is 0 Å². The van der Waals surface area contributed by atoms with Crippen molar-refractivity contribution in [1.82, 2.24) is 0 Å². The number of hydrogen-bond acceptors (Lipinski definition) is 5. The topological polar surface area (TPSA) is 30.9 Å². The van der Waals surface area contributed by atoms with Gasteiger partial charge in [0.05, 0.1) is 26.9 Å². The Balaban J connectivity index is 1.32. The standard InChI is InChI=1S/C41H33NO3SSi/c1-41(2)26-14-5-6-19-31(26)43-38-27(41)15-11-16-28(38)42(29-17-12-23-35-39(29)44-32-20-7-9-22-34(32)46-35)30-18-13-25-37-40(30)45-33-21-8-10-24-36(33)47(37,3)4/h5-25H,1-4H3. The Labute approximate surface area is 280 Å². The van der Waals surface area contributed by atoms with Crippen molar-refractivity contribution < 1.29 is 14.2 Å². The first-order valence-electron chi connectivity index (χ1n) is 16.0. The summed E-state index contributed by atoms with van der Waals surface area (Å²) in [5.74, 6) is 5.20. The van der Waals surface area contributed by atoms with Crippen molar-refractivity contribution >= 4 is 47.3 Å². The van der Waals surface area contributed by atoms with Crippen LogP contribution in [0.3, 0.4) is 0 Å². The zero-order valence-electron chi connectivity index (χ0n) is 26.7.